The van der Waals surface area contributed by atoms with Gasteiger partial charge in [0, 0.05) is 0 Å². The summed E-state index contributed by atoms with van der Waals surface area (Å²) in [4.78, 5) is 11.7. The lowest BCUT2D eigenvalue weighted by atomic mass is 10.4. The number of imidazole rings is 1. The van der Waals surface area contributed by atoms with Crippen LogP contribution in [0.25, 0.3) is 0 Å². The Morgan fingerprint density at radius 2 is 1.48 bits per heavy atom. The molecule has 0 unspecified atom stereocenters. The van der Waals surface area contributed by atoms with Crippen molar-refractivity contribution >= 4 is 26.0 Å². The quantitative estimate of drug-likeness (QED) is 0.504. The monoisotopic (exact) mass is 418 g/mol. The molecule has 0 radical (unpaired) electrons. The highest BCUT2D eigenvalue weighted by atomic mass is 32.3. The van der Waals surface area contributed by atoms with Gasteiger partial charge in [-0.15, -0.1) is 3.71 Å². The average Bonchev–Trinajstić information content (AvgIpc) is 2.79. The van der Waals surface area contributed by atoms with Crippen LogP contribution in [-0.2, 0) is 38.4 Å². The molecule has 0 fully saturated rings. The molecule has 0 saturated carbocycles. The van der Waals surface area contributed by atoms with Crippen molar-refractivity contribution in [2.24, 2.45) is 7.05 Å². The molecule has 0 aromatic carbocycles. The molecule has 0 N–H and O–H groups in total. The lowest BCUT2D eigenvalue weighted by molar-refractivity contribution is -0.695. The second-order valence-corrected chi connectivity index (χ2v) is 8.35. The van der Waals surface area contributed by atoms with Gasteiger partial charge in [-0.1, -0.05) is 0 Å². The van der Waals surface area contributed by atoms with Gasteiger partial charge < -0.3 is 0 Å². The van der Waals surface area contributed by atoms with Gasteiger partial charge >= 0.3 is 31.1 Å². The van der Waals surface area contributed by atoms with E-state index < -0.39 is 53.6 Å². The van der Waals surface area contributed by atoms with Gasteiger partial charge in [-0.2, -0.15) is 43.2 Å². The number of amides is 1. The summed E-state index contributed by atoms with van der Waals surface area (Å²) in [6.07, 6.45) is 2.70. The molecule has 0 saturated heterocycles. The summed E-state index contributed by atoms with van der Waals surface area (Å²) < 4.78 is 120. The van der Waals surface area contributed by atoms with E-state index in [0.717, 1.165) is 4.57 Å². The predicted octanol–water partition coefficient (Wildman–Crippen LogP) is 0.230. The van der Waals surface area contributed by atoms with Crippen LogP contribution in [-0.4, -0.2) is 42.0 Å². The van der Waals surface area contributed by atoms with E-state index in [9.17, 15) is 48.0 Å². The molecule has 8 nitrogen and oxygen atoms in total. The van der Waals surface area contributed by atoms with E-state index in [-0.39, 0.29) is 0 Å². The van der Waals surface area contributed by atoms with Crippen LogP contribution < -0.4 is 4.57 Å². The fraction of sp³-hybridized carbons (Fsp3) is 0.556. The zero-order chi connectivity index (χ0) is 19.8. The normalized spacial score (nSPS) is 13.7. The van der Waals surface area contributed by atoms with Gasteiger partial charge in [0.05, 0.1) is 20.0 Å². The van der Waals surface area contributed by atoms with Gasteiger partial charge in [-0.3, -0.25) is 4.79 Å². The summed E-state index contributed by atoms with van der Waals surface area (Å²) in [5, 5.41) is 0. The molecule has 1 heterocycles. The first-order chi connectivity index (χ1) is 11.0. The zero-order valence-corrected chi connectivity index (χ0v) is 13.7. The van der Waals surface area contributed by atoms with Crippen LogP contribution in [0.3, 0.4) is 0 Å². The van der Waals surface area contributed by atoms with Crippen LogP contribution in [0.1, 0.15) is 6.42 Å². The Bertz CT molecular complexity index is 811. The third-order valence-electron chi connectivity index (χ3n) is 2.63. The number of sulfonamides is 2. The summed E-state index contributed by atoms with van der Waals surface area (Å²) in [5.41, 5.74) is -12.9. The maximum atomic E-state index is 12.5. The molecule has 0 aliphatic rings. The highest BCUT2D eigenvalue weighted by Crippen LogP contribution is 2.35. The second-order valence-electron chi connectivity index (χ2n) is 4.56. The Balaban J connectivity index is 3.30. The number of aryl methyl sites for hydroxylation is 2. The van der Waals surface area contributed by atoms with E-state index in [1.807, 2.05) is 0 Å². The number of rotatable bonds is 5. The highest BCUT2D eigenvalue weighted by molar-refractivity contribution is 8.05. The number of nitrogens with zero attached hydrogens (tertiary/aromatic N) is 3. The SMILES string of the molecule is Cn1cc[n+](CCC(=O)N(S(=O)(=O)C(F)(F)F)S(=O)(=O)C(F)(F)F)c1. The number of hydrogen-bond donors (Lipinski definition) is 0. The standard InChI is InChI=1S/C9H10F6N3O5S2/c1-16-4-5-17(6-16)3-2-7(19)18(24(20,21)8(10,11)12)25(22,23)9(13,14)15/h4-6H,2-3H2,1H3/q+1. The van der Waals surface area contributed by atoms with Crippen molar-refractivity contribution in [2.45, 2.75) is 24.0 Å². The fourth-order valence-corrected chi connectivity index (χ4v) is 4.17. The van der Waals surface area contributed by atoms with E-state index in [0.29, 0.717) is 0 Å². The minimum absolute atomic E-state index is 0.559. The van der Waals surface area contributed by atoms with Crippen LogP contribution in [0.15, 0.2) is 18.7 Å². The molecule has 0 atom stereocenters. The van der Waals surface area contributed by atoms with Crippen molar-refractivity contribution < 1.29 is 52.5 Å². The fourth-order valence-electron chi connectivity index (χ4n) is 1.54. The van der Waals surface area contributed by atoms with Crippen molar-refractivity contribution in [3.63, 3.8) is 0 Å². The third-order valence-corrected chi connectivity index (χ3v) is 6.26. The summed E-state index contributed by atoms with van der Waals surface area (Å²) >= 11 is 0. The molecule has 1 rings (SSSR count). The minimum Gasteiger partial charge on any atom is -0.273 e. The maximum Gasteiger partial charge on any atom is 0.517 e. The van der Waals surface area contributed by atoms with Crippen LogP contribution in [0.5, 0.6) is 0 Å². The number of carbonyl (C=O) groups is 1. The zero-order valence-electron chi connectivity index (χ0n) is 12.1. The van der Waals surface area contributed by atoms with Crippen LogP contribution in [0.4, 0.5) is 26.3 Å². The topological polar surface area (TPSA) is 97.4 Å². The number of hydrogen-bond acceptors (Lipinski definition) is 5. The second kappa shape index (κ2) is 6.47. The average molecular weight is 418 g/mol. The predicted molar refractivity (Wildman–Crippen MR) is 67.0 cm³/mol. The molecule has 25 heavy (non-hydrogen) atoms. The smallest absolute Gasteiger partial charge is 0.273 e. The number of alkyl halides is 6. The minimum atomic E-state index is -7.12. The first-order valence-electron chi connectivity index (χ1n) is 5.98. The Morgan fingerprint density at radius 1 is 1.04 bits per heavy atom. The van der Waals surface area contributed by atoms with Crippen molar-refractivity contribution in [3.05, 3.63) is 18.7 Å². The van der Waals surface area contributed by atoms with Crippen molar-refractivity contribution in [1.82, 2.24) is 8.28 Å². The van der Waals surface area contributed by atoms with E-state index in [1.54, 1.807) is 0 Å². The van der Waals surface area contributed by atoms with Crippen LogP contribution in [0.2, 0.25) is 0 Å². The number of carbonyl (C=O) groups excluding carboxylic acids is 1. The van der Waals surface area contributed by atoms with Gasteiger partial charge in [0.1, 0.15) is 12.4 Å². The Labute approximate surface area is 137 Å². The Kier molecular flexibility index (Phi) is 5.49. The highest BCUT2D eigenvalue weighted by Gasteiger charge is 2.63. The molecule has 16 heteroatoms. The van der Waals surface area contributed by atoms with Gasteiger partial charge in [0.2, 0.25) is 6.33 Å². The largest absolute Gasteiger partial charge is 0.517 e. The molecule has 1 amide bonds. The molecule has 0 aliphatic heterocycles. The summed E-state index contributed by atoms with van der Waals surface area (Å²) in [7, 11) is -12.7. The molecule has 0 spiro atoms. The molecule has 1 aromatic rings. The number of aromatic nitrogens is 2. The van der Waals surface area contributed by atoms with E-state index in [4.69, 9.17) is 0 Å². The first-order valence-corrected chi connectivity index (χ1v) is 8.86. The summed E-state index contributed by atoms with van der Waals surface area (Å²) in [5.74, 6) is -2.40. The van der Waals surface area contributed by atoms with E-state index in [1.165, 1.54) is 30.3 Å². The molecule has 1 aromatic heterocycles. The number of halogens is 6. The van der Waals surface area contributed by atoms with Gasteiger partial charge in [-0.25, -0.2) is 9.13 Å². The molecular formula is C9H10F6N3O5S2+. The van der Waals surface area contributed by atoms with Gasteiger partial charge in [-0.05, 0) is 0 Å². The lowest BCUT2D eigenvalue weighted by Gasteiger charge is -2.23. The molecule has 0 aliphatic carbocycles. The van der Waals surface area contributed by atoms with Gasteiger partial charge in [0.15, 0.2) is 0 Å². The van der Waals surface area contributed by atoms with E-state index >= 15 is 0 Å². The Hall–Kier alpha value is -1.84. The van der Waals surface area contributed by atoms with E-state index in [2.05, 4.69) is 0 Å². The molecule has 0 bridgehead atoms. The maximum absolute atomic E-state index is 12.5. The van der Waals surface area contributed by atoms with Crippen molar-refractivity contribution in [1.29, 1.82) is 0 Å². The Morgan fingerprint density at radius 3 is 1.80 bits per heavy atom. The van der Waals surface area contributed by atoms with Crippen LogP contribution >= 0.6 is 0 Å². The summed E-state index contributed by atoms with van der Waals surface area (Å²) in [6, 6.07) is 0. The lowest BCUT2D eigenvalue weighted by Crippen LogP contribution is -2.52. The third kappa shape index (κ3) is 4.23. The van der Waals surface area contributed by atoms with Crippen molar-refractivity contribution in [2.75, 3.05) is 0 Å². The van der Waals surface area contributed by atoms with Crippen molar-refractivity contribution in [3.8, 4) is 0 Å². The van der Waals surface area contributed by atoms with Crippen LogP contribution in [0, 0.1) is 0 Å². The summed E-state index contributed by atoms with van der Waals surface area (Å²) in [6.45, 7) is -0.559. The van der Waals surface area contributed by atoms with Gasteiger partial charge in [0.25, 0.3) is 5.91 Å². The molecule has 144 valence electrons. The first kappa shape index (κ1) is 21.2. The molecular weight excluding hydrogens is 408 g/mol.